The Labute approximate surface area is 134 Å². The summed E-state index contributed by atoms with van der Waals surface area (Å²) in [6.07, 6.45) is 1.82. The van der Waals surface area contributed by atoms with Gasteiger partial charge in [-0.25, -0.2) is 4.98 Å². The molecule has 116 valence electrons. The van der Waals surface area contributed by atoms with E-state index in [-0.39, 0.29) is 11.9 Å². The monoisotopic (exact) mass is 326 g/mol. The third kappa shape index (κ3) is 3.06. The van der Waals surface area contributed by atoms with Crippen LogP contribution < -0.4 is 4.90 Å². The maximum Gasteiger partial charge on any atom is 0.315 e. The fraction of sp³-hybridized carbons (Fsp3) is 0.733. The molecule has 0 amide bonds. The molecule has 0 N–H and O–H groups in total. The Morgan fingerprint density at radius 2 is 2.10 bits per heavy atom. The van der Waals surface area contributed by atoms with Gasteiger partial charge in [-0.05, 0) is 19.8 Å². The van der Waals surface area contributed by atoms with Crippen LogP contribution in [0, 0.1) is 0 Å². The van der Waals surface area contributed by atoms with Gasteiger partial charge in [-0.15, -0.1) is 11.3 Å². The topological polar surface area (TPSA) is 42.4 Å². The number of thiazole rings is 1. The number of fused-ring (bicyclic) bond motifs is 1. The van der Waals surface area contributed by atoms with Crippen LogP contribution in [0.2, 0.25) is 0 Å². The molecular formula is C15H22N2O2S2. The molecule has 0 spiro atoms. The van der Waals surface area contributed by atoms with Crippen molar-refractivity contribution in [2.75, 3.05) is 24.6 Å². The van der Waals surface area contributed by atoms with Crippen LogP contribution in [0.5, 0.6) is 0 Å². The lowest BCUT2D eigenvalue weighted by molar-refractivity contribution is -0.145. The number of hydrogen-bond donors (Lipinski definition) is 0. The van der Waals surface area contributed by atoms with Gasteiger partial charge in [0.15, 0.2) is 5.13 Å². The smallest absolute Gasteiger partial charge is 0.315 e. The summed E-state index contributed by atoms with van der Waals surface area (Å²) >= 11 is 3.81. The number of ether oxygens (including phenoxy) is 1. The van der Waals surface area contributed by atoms with E-state index in [0.29, 0.717) is 17.1 Å². The van der Waals surface area contributed by atoms with Crippen LogP contribution in [-0.2, 0) is 16.0 Å². The van der Waals surface area contributed by atoms with Crippen molar-refractivity contribution in [3.63, 3.8) is 0 Å². The lowest BCUT2D eigenvalue weighted by Crippen LogP contribution is -2.40. The molecule has 4 nitrogen and oxygen atoms in total. The number of aromatic nitrogens is 1. The summed E-state index contributed by atoms with van der Waals surface area (Å²) in [5.41, 5.74) is 0.979. The summed E-state index contributed by atoms with van der Waals surface area (Å²) in [6, 6.07) is 0. The second-order valence-electron chi connectivity index (χ2n) is 5.81. The van der Waals surface area contributed by atoms with Gasteiger partial charge in [0.25, 0.3) is 0 Å². The molecule has 0 bridgehead atoms. The quantitative estimate of drug-likeness (QED) is 0.799. The van der Waals surface area contributed by atoms with Crippen molar-refractivity contribution in [2.45, 2.75) is 50.0 Å². The molecule has 1 fully saturated rings. The minimum atomic E-state index is -0.140. The van der Waals surface area contributed by atoms with E-state index in [9.17, 15) is 4.79 Å². The number of hydrogen-bond acceptors (Lipinski definition) is 6. The van der Waals surface area contributed by atoms with E-state index in [2.05, 4.69) is 18.7 Å². The third-order valence-electron chi connectivity index (χ3n) is 3.97. The zero-order chi connectivity index (χ0) is 15.0. The summed E-state index contributed by atoms with van der Waals surface area (Å²) in [6.45, 7) is 8.94. The number of carbonyl (C=O) groups excluding carboxylic acids is 1. The molecule has 1 aromatic rings. The van der Waals surface area contributed by atoms with Gasteiger partial charge >= 0.3 is 5.97 Å². The molecule has 3 rings (SSSR count). The predicted molar refractivity (Wildman–Crippen MR) is 88.5 cm³/mol. The molecule has 1 saturated heterocycles. The molecule has 21 heavy (non-hydrogen) atoms. The molecule has 0 saturated carbocycles. The molecule has 1 aliphatic heterocycles. The third-order valence-corrected chi connectivity index (χ3v) is 6.39. The van der Waals surface area contributed by atoms with Crippen molar-refractivity contribution in [1.29, 1.82) is 0 Å². The Bertz CT molecular complexity index is 522. The van der Waals surface area contributed by atoms with Crippen LogP contribution in [0.15, 0.2) is 0 Å². The first-order valence-electron chi connectivity index (χ1n) is 7.65. The molecule has 0 aromatic carbocycles. The Hall–Kier alpha value is -0.750. The molecular weight excluding hydrogens is 304 g/mol. The Morgan fingerprint density at radius 1 is 1.38 bits per heavy atom. The van der Waals surface area contributed by atoms with Gasteiger partial charge in [0, 0.05) is 28.5 Å². The van der Waals surface area contributed by atoms with E-state index in [0.717, 1.165) is 36.8 Å². The Kier molecular flexibility index (Phi) is 4.45. The molecule has 2 aliphatic rings. The highest BCUT2D eigenvalue weighted by Gasteiger charge is 2.35. The number of carbonyl (C=O) groups is 1. The van der Waals surface area contributed by atoms with Crippen molar-refractivity contribution < 1.29 is 9.53 Å². The van der Waals surface area contributed by atoms with E-state index in [1.807, 2.05) is 18.7 Å². The van der Waals surface area contributed by atoms with Crippen LogP contribution in [0.1, 0.15) is 43.7 Å². The van der Waals surface area contributed by atoms with Gasteiger partial charge in [-0.3, -0.25) is 4.79 Å². The number of anilines is 1. The van der Waals surface area contributed by atoms with Gasteiger partial charge in [-0.1, -0.05) is 13.8 Å². The van der Waals surface area contributed by atoms with Crippen LogP contribution in [-0.4, -0.2) is 41.1 Å². The number of nitrogens with zero attached hydrogens (tertiary/aromatic N) is 2. The maximum atomic E-state index is 12.0. The standard InChI is InChI=1S/C15H22N2O2S2/c1-4-19-14(18)11-5-6-12-13(11)16-15(21-12)17-7-9(2)20-10(3)8-17/h9-11H,4-8H2,1-3H3. The highest BCUT2D eigenvalue weighted by molar-refractivity contribution is 8.00. The van der Waals surface area contributed by atoms with E-state index in [4.69, 9.17) is 9.72 Å². The normalized spacial score (nSPS) is 28.5. The Balaban J connectivity index is 1.78. The highest BCUT2D eigenvalue weighted by Crippen LogP contribution is 2.41. The molecule has 1 aliphatic carbocycles. The number of esters is 1. The van der Waals surface area contributed by atoms with Crippen LogP contribution in [0.25, 0.3) is 0 Å². The molecule has 3 unspecified atom stereocenters. The molecule has 6 heteroatoms. The van der Waals surface area contributed by atoms with E-state index in [1.165, 1.54) is 4.88 Å². The van der Waals surface area contributed by atoms with Gasteiger partial charge in [0.2, 0.25) is 0 Å². The van der Waals surface area contributed by atoms with E-state index < -0.39 is 0 Å². The van der Waals surface area contributed by atoms with Gasteiger partial charge in [0.05, 0.1) is 12.3 Å². The Morgan fingerprint density at radius 3 is 2.76 bits per heavy atom. The number of aryl methyl sites for hydroxylation is 1. The van der Waals surface area contributed by atoms with Crippen molar-refractivity contribution in [1.82, 2.24) is 4.98 Å². The maximum absolute atomic E-state index is 12.0. The van der Waals surface area contributed by atoms with Crippen LogP contribution in [0.3, 0.4) is 0 Å². The summed E-state index contributed by atoms with van der Waals surface area (Å²) in [4.78, 5) is 20.5. The number of thioether (sulfide) groups is 1. The first kappa shape index (κ1) is 15.2. The highest BCUT2D eigenvalue weighted by atomic mass is 32.2. The largest absolute Gasteiger partial charge is 0.465 e. The van der Waals surface area contributed by atoms with Crippen LogP contribution >= 0.6 is 23.1 Å². The zero-order valence-electron chi connectivity index (χ0n) is 12.8. The van der Waals surface area contributed by atoms with Gasteiger partial charge in [0.1, 0.15) is 5.92 Å². The minimum Gasteiger partial charge on any atom is -0.465 e. The average molecular weight is 326 g/mol. The SMILES string of the molecule is CCOC(=O)C1CCc2sc(N3CC(C)SC(C)C3)nc21. The first-order valence-corrected chi connectivity index (χ1v) is 9.41. The summed E-state index contributed by atoms with van der Waals surface area (Å²) in [7, 11) is 0. The van der Waals surface area contributed by atoms with E-state index >= 15 is 0 Å². The fourth-order valence-corrected chi connectivity index (χ4v) is 5.64. The van der Waals surface area contributed by atoms with Crippen molar-refractivity contribution in [2.24, 2.45) is 0 Å². The van der Waals surface area contributed by atoms with Gasteiger partial charge in [-0.2, -0.15) is 11.8 Å². The van der Waals surface area contributed by atoms with Crippen molar-refractivity contribution in [3.05, 3.63) is 10.6 Å². The van der Waals surface area contributed by atoms with Crippen molar-refractivity contribution in [3.8, 4) is 0 Å². The van der Waals surface area contributed by atoms with Crippen molar-refractivity contribution >= 4 is 34.2 Å². The van der Waals surface area contributed by atoms with Gasteiger partial charge < -0.3 is 9.64 Å². The molecule has 1 aromatic heterocycles. The molecule has 0 radical (unpaired) electrons. The summed E-state index contributed by atoms with van der Waals surface area (Å²) in [5.74, 6) is -0.247. The first-order chi connectivity index (χ1) is 10.1. The molecule has 3 atom stereocenters. The van der Waals surface area contributed by atoms with Crippen LogP contribution in [0.4, 0.5) is 5.13 Å². The fourth-order valence-electron chi connectivity index (χ4n) is 3.16. The zero-order valence-corrected chi connectivity index (χ0v) is 14.4. The second-order valence-corrected chi connectivity index (χ2v) is 8.75. The second kappa shape index (κ2) is 6.16. The lowest BCUT2D eigenvalue weighted by Gasteiger charge is -2.34. The molecule has 2 heterocycles. The lowest BCUT2D eigenvalue weighted by atomic mass is 10.1. The summed E-state index contributed by atoms with van der Waals surface area (Å²) in [5, 5.41) is 2.36. The predicted octanol–water partition coefficient (Wildman–Crippen LogP) is 3.07. The van der Waals surface area contributed by atoms with E-state index in [1.54, 1.807) is 11.3 Å². The summed E-state index contributed by atoms with van der Waals surface area (Å²) < 4.78 is 5.18. The average Bonchev–Trinajstić information content (AvgIpc) is 2.96. The number of rotatable bonds is 3. The minimum absolute atomic E-state index is 0.107.